The molecule has 9 aromatic rings. The van der Waals surface area contributed by atoms with E-state index in [1.165, 1.54) is 88.2 Å². The molecule has 0 aliphatic heterocycles. The van der Waals surface area contributed by atoms with Gasteiger partial charge in [0.15, 0.2) is 17.5 Å². The van der Waals surface area contributed by atoms with E-state index in [1.54, 1.807) is 5.56 Å². The van der Waals surface area contributed by atoms with Crippen LogP contribution in [0.2, 0.25) is 0 Å². The smallest absolute Gasteiger partial charge is 0.164 e. The third-order valence-electron chi connectivity index (χ3n) is 15.3. The number of hydrogen-bond donors (Lipinski definition) is 0. The van der Waals surface area contributed by atoms with E-state index in [0.29, 0.717) is 23.0 Å². The molecule has 0 N–H and O–H groups in total. The molecule has 1 aromatic heterocycles. The molecule has 4 saturated carbocycles. The van der Waals surface area contributed by atoms with Crippen LogP contribution in [0.3, 0.4) is 0 Å². The molecule has 8 aromatic carbocycles. The van der Waals surface area contributed by atoms with Crippen molar-refractivity contribution in [2.45, 2.75) is 63.2 Å². The second kappa shape index (κ2) is 15.0. The zero-order chi connectivity index (χ0) is 43.0. The Balaban J connectivity index is 0.936. The highest BCUT2D eigenvalue weighted by molar-refractivity contribution is 6.04. The summed E-state index contributed by atoms with van der Waals surface area (Å²) in [5.74, 6) is 3.48. The summed E-state index contributed by atoms with van der Waals surface area (Å²) in [6.07, 6.45) is 7.70. The molecule has 4 aliphatic rings. The van der Waals surface area contributed by atoms with Crippen molar-refractivity contribution in [3.05, 3.63) is 198 Å². The number of benzene rings is 8. The Morgan fingerprint density at radius 3 is 1.86 bits per heavy atom. The van der Waals surface area contributed by atoms with E-state index < -0.39 is 0 Å². The Morgan fingerprint density at radius 1 is 0.484 bits per heavy atom. The third-order valence-corrected chi connectivity index (χ3v) is 15.3. The van der Waals surface area contributed by atoms with E-state index >= 15 is 0 Å². The van der Waals surface area contributed by atoms with Gasteiger partial charge < -0.3 is 0 Å². The van der Waals surface area contributed by atoms with Gasteiger partial charge in [0.05, 0.1) is 11.6 Å². The molecule has 4 heteroatoms. The van der Waals surface area contributed by atoms with E-state index in [0.717, 1.165) is 39.3 Å². The fourth-order valence-electron chi connectivity index (χ4n) is 12.9. The normalized spacial score (nSPS) is 21.0. The minimum Gasteiger partial charge on any atom is -0.208 e. The number of fused-ring (bicyclic) bond motifs is 2. The lowest BCUT2D eigenvalue weighted by Crippen LogP contribution is -2.56. The minimum absolute atomic E-state index is 0.150. The molecule has 1 heterocycles. The van der Waals surface area contributed by atoms with Crippen molar-refractivity contribution in [1.82, 2.24) is 15.0 Å². The van der Waals surface area contributed by atoms with Gasteiger partial charge in [0.2, 0.25) is 0 Å². The largest absolute Gasteiger partial charge is 0.208 e. The number of aryl methyl sites for hydroxylation is 1. The van der Waals surface area contributed by atoms with Gasteiger partial charge >= 0.3 is 0 Å². The fraction of sp³-hybridized carbons (Fsp3) is 0.200. The van der Waals surface area contributed by atoms with Gasteiger partial charge in [-0.05, 0) is 165 Å². The zero-order valence-corrected chi connectivity index (χ0v) is 36.4. The van der Waals surface area contributed by atoms with Gasteiger partial charge in [-0.1, -0.05) is 146 Å². The van der Waals surface area contributed by atoms with Crippen LogP contribution in [0.4, 0.5) is 0 Å². The first-order valence-electron chi connectivity index (χ1n) is 22.9. The molecule has 2 unspecified atom stereocenters. The van der Waals surface area contributed by atoms with Crippen LogP contribution in [0, 0.1) is 37.0 Å². The third kappa shape index (κ3) is 6.36. The summed E-state index contributed by atoms with van der Waals surface area (Å²) in [6.45, 7) is 4.66. The molecule has 308 valence electrons. The van der Waals surface area contributed by atoms with E-state index in [4.69, 9.17) is 15.0 Å². The molecule has 0 radical (unpaired) electrons. The fourth-order valence-corrected chi connectivity index (χ4v) is 12.9. The second-order valence-electron chi connectivity index (χ2n) is 19.2. The molecule has 4 aliphatic carbocycles. The maximum Gasteiger partial charge on any atom is 0.164 e. The summed E-state index contributed by atoms with van der Waals surface area (Å²) in [5, 5.41) is 14.0. The van der Waals surface area contributed by atoms with E-state index in [1.807, 2.05) is 30.3 Å². The summed E-state index contributed by atoms with van der Waals surface area (Å²) in [7, 11) is 0. The average molecular weight is 825 g/mol. The van der Waals surface area contributed by atoms with Gasteiger partial charge in [0, 0.05) is 16.7 Å². The second-order valence-corrected chi connectivity index (χ2v) is 19.2. The molecular weight excluding hydrogens is 777 g/mol. The van der Waals surface area contributed by atoms with Crippen LogP contribution in [-0.2, 0) is 10.8 Å². The maximum atomic E-state index is 9.37. The Labute approximate surface area is 375 Å². The van der Waals surface area contributed by atoms with Crippen molar-refractivity contribution in [3.63, 3.8) is 0 Å². The quantitative estimate of drug-likeness (QED) is 0.161. The summed E-state index contributed by atoms with van der Waals surface area (Å²) < 4.78 is 0. The highest BCUT2D eigenvalue weighted by atomic mass is 15.0. The molecular formula is C60H48N4. The van der Waals surface area contributed by atoms with Gasteiger partial charge in [-0.15, -0.1) is 0 Å². The first-order valence-corrected chi connectivity index (χ1v) is 22.9. The molecule has 0 saturated heterocycles. The Bertz CT molecular complexity index is 3330. The Hall–Kier alpha value is -7.22. The topological polar surface area (TPSA) is 62.5 Å². The lowest BCUT2D eigenvalue weighted by atomic mass is 9.41. The van der Waals surface area contributed by atoms with Crippen LogP contribution in [0.15, 0.2) is 170 Å². The van der Waals surface area contributed by atoms with Crippen molar-refractivity contribution in [3.8, 4) is 62.5 Å². The SMILES string of the molecule is Cc1cc(C23CC4CC(C2)CC(c2cccc(-c5ccc(-c6nc(-c7ccccc7)nc(-c7ccc8ccccc8c7)n6)c6ccccc56)c2C)(C4)C3)ccc1-c1ccc(C#N)cc1. The van der Waals surface area contributed by atoms with Crippen LogP contribution >= 0.6 is 0 Å². The molecule has 64 heavy (non-hydrogen) atoms. The lowest BCUT2D eigenvalue weighted by molar-refractivity contribution is -0.0283. The summed E-state index contributed by atoms with van der Waals surface area (Å²) in [4.78, 5) is 15.5. The summed E-state index contributed by atoms with van der Waals surface area (Å²) >= 11 is 0. The Kier molecular flexibility index (Phi) is 8.99. The van der Waals surface area contributed by atoms with Gasteiger partial charge in [-0.25, -0.2) is 15.0 Å². The number of nitrogens with zero attached hydrogens (tertiary/aromatic N) is 4. The van der Waals surface area contributed by atoms with Gasteiger partial charge in [-0.2, -0.15) is 5.26 Å². The number of hydrogen-bond acceptors (Lipinski definition) is 4. The predicted octanol–water partition coefficient (Wildman–Crippen LogP) is 14.8. The monoisotopic (exact) mass is 824 g/mol. The van der Waals surface area contributed by atoms with Crippen molar-refractivity contribution in [2.75, 3.05) is 0 Å². The molecule has 0 amide bonds. The molecule has 4 fully saturated rings. The van der Waals surface area contributed by atoms with E-state index in [2.05, 4.69) is 159 Å². The number of rotatable bonds is 7. The molecule has 4 nitrogen and oxygen atoms in total. The first-order chi connectivity index (χ1) is 31.3. The van der Waals surface area contributed by atoms with Crippen LogP contribution in [0.1, 0.15) is 66.3 Å². The van der Waals surface area contributed by atoms with Crippen molar-refractivity contribution in [1.29, 1.82) is 5.26 Å². The number of aromatic nitrogens is 3. The average Bonchev–Trinajstić information content (AvgIpc) is 3.33. The summed E-state index contributed by atoms with van der Waals surface area (Å²) in [5.41, 5.74) is 14.8. The van der Waals surface area contributed by atoms with Crippen LogP contribution in [-0.4, -0.2) is 15.0 Å². The van der Waals surface area contributed by atoms with Crippen LogP contribution in [0.25, 0.3) is 78.0 Å². The highest BCUT2D eigenvalue weighted by Gasteiger charge is 2.59. The van der Waals surface area contributed by atoms with E-state index in [9.17, 15) is 5.26 Å². The first kappa shape index (κ1) is 38.5. The maximum absolute atomic E-state index is 9.37. The van der Waals surface area contributed by atoms with Crippen molar-refractivity contribution in [2.24, 2.45) is 11.8 Å². The predicted molar refractivity (Wildman–Crippen MR) is 261 cm³/mol. The molecule has 13 rings (SSSR count). The molecule has 0 spiro atoms. The highest BCUT2D eigenvalue weighted by Crippen LogP contribution is 2.67. The molecule has 2 atom stereocenters. The standard InChI is InChI=1S/C60H48N4/c1-38-29-48(25-26-49(38)44-21-19-40(36-61)20-22-44)59-32-41-30-42(33-59)35-60(34-41,37-59)55-18-10-17-50(39(55)2)53-27-28-54(52-16-9-8-15-51(52)53)58-63-56(45-12-4-3-5-13-45)62-57(64-58)47-24-23-43-11-6-7-14-46(43)31-47/h3-29,31,41-42H,30,32-35,37H2,1-2H3. The van der Waals surface area contributed by atoms with Crippen LogP contribution < -0.4 is 0 Å². The number of nitriles is 1. The van der Waals surface area contributed by atoms with Crippen molar-refractivity contribution < 1.29 is 0 Å². The van der Waals surface area contributed by atoms with E-state index in [-0.39, 0.29) is 10.8 Å². The van der Waals surface area contributed by atoms with Crippen molar-refractivity contribution >= 4 is 21.5 Å². The zero-order valence-electron chi connectivity index (χ0n) is 36.4. The molecule has 4 bridgehead atoms. The summed E-state index contributed by atoms with van der Waals surface area (Å²) in [6, 6.07) is 63.2. The van der Waals surface area contributed by atoms with Crippen LogP contribution in [0.5, 0.6) is 0 Å². The van der Waals surface area contributed by atoms with Gasteiger partial charge in [0.1, 0.15) is 0 Å². The van der Waals surface area contributed by atoms with Gasteiger partial charge in [-0.3, -0.25) is 0 Å². The minimum atomic E-state index is 0.150. The Morgan fingerprint density at radius 2 is 1.11 bits per heavy atom. The van der Waals surface area contributed by atoms with Gasteiger partial charge in [0.25, 0.3) is 0 Å². The lowest BCUT2D eigenvalue weighted by Gasteiger charge is -2.63.